The van der Waals surface area contributed by atoms with Gasteiger partial charge in [-0.1, -0.05) is 81.9 Å². The van der Waals surface area contributed by atoms with E-state index >= 15 is 0 Å². The lowest BCUT2D eigenvalue weighted by Gasteiger charge is -2.23. The molecule has 3 rings (SSSR count). The highest BCUT2D eigenvalue weighted by atomic mass is 31.1. The van der Waals surface area contributed by atoms with Crippen molar-refractivity contribution in [2.75, 3.05) is 12.3 Å². The fourth-order valence-corrected chi connectivity index (χ4v) is 5.47. The first kappa shape index (κ1) is 14.5. The number of benzene rings is 2. The first-order valence-corrected chi connectivity index (χ1v) is 9.58. The summed E-state index contributed by atoms with van der Waals surface area (Å²) in [4.78, 5) is 0. The second-order valence-electron chi connectivity index (χ2n) is 5.68. The van der Waals surface area contributed by atoms with Crippen molar-refractivity contribution in [1.29, 1.82) is 0 Å². The summed E-state index contributed by atoms with van der Waals surface area (Å²) in [6.45, 7) is 6.94. The van der Waals surface area contributed by atoms with E-state index in [0.29, 0.717) is 5.92 Å². The molecule has 0 N–H and O–H groups in total. The van der Waals surface area contributed by atoms with Gasteiger partial charge >= 0.3 is 0 Å². The SMILES string of the molecule is CCP(CC)c1ccccc1C1C(C)=Cc2ccccc21. The van der Waals surface area contributed by atoms with Crippen LogP contribution in [-0.2, 0) is 0 Å². The molecular formula is C20H23P. The molecule has 0 bridgehead atoms. The van der Waals surface area contributed by atoms with Gasteiger partial charge in [-0.15, -0.1) is 0 Å². The maximum absolute atomic E-state index is 2.36. The molecule has 108 valence electrons. The number of rotatable bonds is 4. The van der Waals surface area contributed by atoms with E-state index in [0.717, 1.165) is 0 Å². The third-order valence-corrected chi connectivity index (χ3v) is 7.11. The highest BCUT2D eigenvalue weighted by Gasteiger charge is 2.26. The molecule has 0 spiro atoms. The summed E-state index contributed by atoms with van der Waals surface area (Å²) in [7, 11) is -0.0238. The van der Waals surface area contributed by atoms with Crippen LogP contribution >= 0.6 is 7.92 Å². The number of fused-ring (bicyclic) bond motifs is 1. The normalized spacial score (nSPS) is 17.0. The molecule has 2 aromatic rings. The number of hydrogen-bond donors (Lipinski definition) is 0. The van der Waals surface area contributed by atoms with Crippen molar-refractivity contribution in [2.45, 2.75) is 26.7 Å². The van der Waals surface area contributed by atoms with E-state index < -0.39 is 0 Å². The molecule has 1 unspecified atom stereocenters. The average Bonchev–Trinajstić information content (AvgIpc) is 2.85. The van der Waals surface area contributed by atoms with E-state index in [1.165, 1.54) is 34.6 Å². The zero-order valence-electron chi connectivity index (χ0n) is 13.1. The Morgan fingerprint density at radius 2 is 1.48 bits per heavy atom. The van der Waals surface area contributed by atoms with Crippen LogP contribution in [0.4, 0.5) is 0 Å². The van der Waals surface area contributed by atoms with Crippen LogP contribution in [0.2, 0.25) is 0 Å². The Labute approximate surface area is 129 Å². The number of allylic oxidation sites excluding steroid dienone is 1. The van der Waals surface area contributed by atoms with Gasteiger partial charge in [0.15, 0.2) is 0 Å². The van der Waals surface area contributed by atoms with Crippen LogP contribution in [0.5, 0.6) is 0 Å². The number of hydrogen-bond acceptors (Lipinski definition) is 0. The maximum atomic E-state index is 2.36. The first-order chi connectivity index (χ1) is 10.3. The zero-order chi connectivity index (χ0) is 14.8. The first-order valence-electron chi connectivity index (χ1n) is 7.87. The molecule has 0 aliphatic heterocycles. The molecule has 0 heterocycles. The molecule has 0 saturated carbocycles. The van der Waals surface area contributed by atoms with Gasteiger partial charge in [0.1, 0.15) is 0 Å². The molecule has 0 amide bonds. The molecule has 2 aromatic carbocycles. The van der Waals surface area contributed by atoms with Crippen LogP contribution in [-0.4, -0.2) is 12.3 Å². The van der Waals surface area contributed by atoms with Crippen LogP contribution in [0.25, 0.3) is 6.08 Å². The van der Waals surface area contributed by atoms with Crippen LogP contribution in [0, 0.1) is 0 Å². The molecule has 1 aliphatic carbocycles. The van der Waals surface area contributed by atoms with Crippen LogP contribution < -0.4 is 5.30 Å². The van der Waals surface area contributed by atoms with E-state index in [1.54, 1.807) is 5.30 Å². The Morgan fingerprint density at radius 1 is 0.857 bits per heavy atom. The standard InChI is InChI=1S/C20H23P/c1-4-21(5-2)19-13-9-8-12-18(19)20-15(3)14-16-10-6-7-11-17(16)20/h6-14,20H,4-5H2,1-3H3. The minimum atomic E-state index is -0.0238. The third kappa shape index (κ3) is 2.58. The summed E-state index contributed by atoms with van der Waals surface area (Å²) >= 11 is 0. The predicted octanol–water partition coefficient (Wildman–Crippen LogP) is 5.38. The van der Waals surface area contributed by atoms with Gasteiger partial charge in [0.2, 0.25) is 0 Å². The Morgan fingerprint density at radius 3 is 2.19 bits per heavy atom. The Hall–Kier alpha value is -1.39. The fourth-order valence-electron chi connectivity index (χ4n) is 3.48. The predicted molar refractivity (Wildman–Crippen MR) is 96.0 cm³/mol. The van der Waals surface area contributed by atoms with Crippen molar-refractivity contribution >= 4 is 19.3 Å². The molecule has 0 nitrogen and oxygen atoms in total. The molecule has 1 aliphatic rings. The Balaban J connectivity index is 2.12. The quantitative estimate of drug-likeness (QED) is 0.664. The third-order valence-electron chi connectivity index (χ3n) is 4.50. The highest BCUT2D eigenvalue weighted by Crippen LogP contribution is 2.44. The van der Waals surface area contributed by atoms with Crippen LogP contribution in [0.3, 0.4) is 0 Å². The van der Waals surface area contributed by atoms with Crippen molar-refractivity contribution in [3.05, 3.63) is 70.8 Å². The van der Waals surface area contributed by atoms with Crippen molar-refractivity contribution < 1.29 is 0 Å². The molecule has 0 radical (unpaired) electrons. The molecule has 0 aromatic heterocycles. The molecule has 21 heavy (non-hydrogen) atoms. The Bertz CT molecular complexity index is 665. The largest absolute Gasteiger partial charge is 0.0755 e. The van der Waals surface area contributed by atoms with Crippen molar-refractivity contribution in [2.24, 2.45) is 0 Å². The highest BCUT2D eigenvalue weighted by molar-refractivity contribution is 7.65. The topological polar surface area (TPSA) is 0 Å². The lowest BCUT2D eigenvalue weighted by molar-refractivity contribution is 0.984. The van der Waals surface area contributed by atoms with Crippen LogP contribution in [0.1, 0.15) is 43.4 Å². The molecule has 0 saturated heterocycles. The summed E-state index contributed by atoms with van der Waals surface area (Å²) in [5.74, 6) is 0.459. The molecule has 0 fully saturated rings. The second kappa shape index (κ2) is 6.16. The summed E-state index contributed by atoms with van der Waals surface area (Å²) in [6.07, 6.45) is 4.91. The van der Waals surface area contributed by atoms with E-state index in [1.807, 2.05) is 0 Å². The zero-order valence-corrected chi connectivity index (χ0v) is 14.0. The minimum absolute atomic E-state index is 0.0238. The van der Waals surface area contributed by atoms with Crippen molar-refractivity contribution in [1.82, 2.24) is 0 Å². The van der Waals surface area contributed by atoms with Gasteiger partial charge in [0.25, 0.3) is 0 Å². The Kier molecular flexibility index (Phi) is 4.27. The minimum Gasteiger partial charge on any atom is -0.0755 e. The average molecular weight is 294 g/mol. The summed E-state index contributed by atoms with van der Waals surface area (Å²) < 4.78 is 0. The lowest BCUT2D eigenvalue weighted by atomic mass is 9.89. The van der Waals surface area contributed by atoms with Crippen molar-refractivity contribution in [3.8, 4) is 0 Å². The summed E-state index contributed by atoms with van der Waals surface area (Å²) in [5, 5.41) is 1.60. The van der Waals surface area contributed by atoms with Gasteiger partial charge < -0.3 is 0 Å². The monoisotopic (exact) mass is 294 g/mol. The molecule has 1 heteroatoms. The van der Waals surface area contributed by atoms with Gasteiger partial charge in [-0.25, -0.2) is 0 Å². The maximum Gasteiger partial charge on any atom is 0.0311 e. The van der Waals surface area contributed by atoms with Gasteiger partial charge in [0, 0.05) is 5.92 Å². The van der Waals surface area contributed by atoms with Crippen molar-refractivity contribution in [3.63, 3.8) is 0 Å². The smallest absolute Gasteiger partial charge is 0.0311 e. The van der Waals surface area contributed by atoms with E-state index in [4.69, 9.17) is 0 Å². The lowest BCUT2D eigenvalue weighted by Crippen LogP contribution is -2.15. The second-order valence-corrected chi connectivity index (χ2v) is 8.51. The molecular weight excluding hydrogens is 271 g/mol. The van der Waals surface area contributed by atoms with E-state index in [2.05, 4.69) is 75.4 Å². The van der Waals surface area contributed by atoms with Gasteiger partial charge in [-0.3, -0.25) is 0 Å². The van der Waals surface area contributed by atoms with Crippen LogP contribution in [0.15, 0.2) is 54.1 Å². The molecule has 1 atom stereocenters. The summed E-state index contributed by atoms with van der Waals surface area (Å²) in [6, 6.07) is 18.0. The van der Waals surface area contributed by atoms with E-state index in [9.17, 15) is 0 Å². The summed E-state index contributed by atoms with van der Waals surface area (Å²) in [5.41, 5.74) is 5.88. The van der Waals surface area contributed by atoms with Gasteiger partial charge in [-0.05, 0) is 41.2 Å². The van der Waals surface area contributed by atoms with E-state index in [-0.39, 0.29) is 7.92 Å². The fraction of sp³-hybridized carbons (Fsp3) is 0.300. The van der Waals surface area contributed by atoms with Gasteiger partial charge in [-0.2, -0.15) is 0 Å². The van der Waals surface area contributed by atoms with Gasteiger partial charge in [0.05, 0.1) is 0 Å².